The van der Waals surface area contributed by atoms with E-state index in [1.807, 2.05) is 24.3 Å². The quantitative estimate of drug-likeness (QED) is 0.872. The third-order valence-corrected chi connectivity index (χ3v) is 5.02. The number of carbonyl (C=O) groups excluding carboxylic acids is 1. The van der Waals surface area contributed by atoms with Crippen LogP contribution in [-0.2, 0) is 0 Å². The Hall–Kier alpha value is -1.33. The van der Waals surface area contributed by atoms with E-state index in [0.717, 1.165) is 28.4 Å². The summed E-state index contributed by atoms with van der Waals surface area (Å²) in [6.45, 7) is 1.01. The van der Waals surface area contributed by atoms with Gasteiger partial charge >= 0.3 is 0 Å². The third-order valence-electron chi connectivity index (χ3n) is 4.53. The van der Waals surface area contributed by atoms with Crippen LogP contribution in [-0.4, -0.2) is 37.5 Å². The zero-order chi connectivity index (χ0) is 16.4. The summed E-state index contributed by atoms with van der Waals surface area (Å²) in [7, 11) is 4.18. The van der Waals surface area contributed by atoms with E-state index in [-0.39, 0.29) is 11.9 Å². The Kier molecular flexibility index (Phi) is 5.07. The van der Waals surface area contributed by atoms with E-state index in [0.29, 0.717) is 11.7 Å². The van der Waals surface area contributed by atoms with Crippen LogP contribution in [0.2, 0.25) is 0 Å². The minimum atomic E-state index is -0.104. The van der Waals surface area contributed by atoms with E-state index in [9.17, 15) is 4.79 Å². The SMILES string of the molecule is CN(C)CC1CCCCC1NC(=O)c1cc2cc(Br)ccc2o1. The number of nitrogens with one attached hydrogen (secondary N) is 1. The number of fused-ring (bicyclic) bond motifs is 1. The van der Waals surface area contributed by atoms with Crippen molar-refractivity contribution in [2.45, 2.75) is 31.7 Å². The molecule has 1 heterocycles. The fraction of sp³-hybridized carbons (Fsp3) is 0.500. The van der Waals surface area contributed by atoms with Crippen molar-refractivity contribution in [3.63, 3.8) is 0 Å². The fourth-order valence-corrected chi connectivity index (χ4v) is 3.83. The molecule has 23 heavy (non-hydrogen) atoms. The number of nitrogens with zero attached hydrogens (tertiary/aromatic N) is 1. The standard InChI is InChI=1S/C18H23BrN2O2/c1-21(2)11-12-5-3-4-6-15(12)20-18(22)17-10-13-9-14(19)7-8-16(13)23-17/h7-10,12,15H,3-6,11H2,1-2H3,(H,20,22). The molecule has 0 radical (unpaired) electrons. The van der Waals surface area contributed by atoms with Gasteiger partial charge in [-0.3, -0.25) is 4.79 Å². The van der Waals surface area contributed by atoms with Gasteiger partial charge in [0.05, 0.1) is 0 Å². The van der Waals surface area contributed by atoms with Crippen LogP contribution >= 0.6 is 15.9 Å². The van der Waals surface area contributed by atoms with Crippen LogP contribution in [0.15, 0.2) is 33.2 Å². The number of furan rings is 1. The lowest BCUT2D eigenvalue weighted by Gasteiger charge is -2.33. The highest BCUT2D eigenvalue weighted by Crippen LogP contribution is 2.27. The zero-order valence-corrected chi connectivity index (χ0v) is 15.2. The van der Waals surface area contributed by atoms with E-state index in [4.69, 9.17) is 4.42 Å². The zero-order valence-electron chi connectivity index (χ0n) is 13.6. The lowest BCUT2D eigenvalue weighted by Crippen LogP contribution is -2.45. The third kappa shape index (κ3) is 3.96. The number of halogens is 1. The Morgan fingerprint density at radius 1 is 1.30 bits per heavy atom. The second-order valence-corrected chi connectivity index (χ2v) is 7.60. The molecule has 1 aromatic carbocycles. The molecule has 0 aliphatic heterocycles. The number of benzene rings is 1. The summed E-state index contributed by atoms with van der Waals surface area (Å²) in [5.41, 5.74) is 0.742. The van der Waals surface area contributed by atoms with Gasteiger partial charge in [0.15, 0.2) is 5.76 Å². The first kappa shape index (κ1) is 16.5. The van der Waals surface area contributed by atoms with Gasteiger partial charge in [-0.15, -0.1) is 0 Å². The second kappa shape index (κ2) is 7.05. The molecule has 4 nitrogen and oxygen atoms in total. The number of rotatable bonds is 4. The predicted octanol–water partition coefficient (Wildman–Crippen LogP) is 4.05. The van der Waals surface area contributed by atoms with Gasteiger partial charge in [-0.05, 0) is 57.1 Å². The fourth-order valence-electron chi connectivity index (χ4n) is 3.45. The first-order valence-electron chi connectivity index (χ1n) is 8.17. The Balaban J connectivity index is 1.73. The van der Waals surface area contributed by atoms with Gasteiger partial charge in [0.2, 0.25) is 0 Å². The molecule has 124 valence electrons. The summed E-state index contributed by atoms with van der Waals surface area (Å²) in [4.78, 5) is 14.8. The highest BCUT2D eigenvalue weighted by molar-refractivity contribution is 9.10. The molecule has 1 saturated carbocycles. The topological polar surface area (TPSA) is 45.5 Å². The maximum absolute atomic E-state index is 12.6. The Morgan fingerprint density at radius 3 is 2.87 bits per heavy atom. The molecule has 1 fully saturated rings. The van der Waals surface area contributed by atoms with Gasteiger partial charge in [-0.2, -0.15) is 0 Å². The maximum atomic E-state index is 12.6. The van der Waals surface area contributed by atoms with Crippen molar-refractivity contribution in [1.29, 1.82) is 0 Å². The molecule has 3 rings (SSSR count). The summed E-state index contributed by atoms with van der Waals surface area (Å²) in [6.07, 6.45) is 4.66. The first-order chi connectivity index (χ1) is 11.0. The van der Waals surface area contributed by atoms with Crippen molar-refractivity contribution in [1.82, 2.24) is 10.2 Å². The van der Waals surface area contributed by atoms with Crippen molar-refractivity contribution in [2.75, 3.05) is 20.6 Å². The van der Waals surface area contributed by atoms with Gasteiger partial charge in [0, 0.05) is 22.4 Å². The van der Waals surface area contributed by atoms with Crippen LogP contribution in [0.4, 0.5) is 0 Å². The summed E-state index contributed by atoms with van der Waals surface area (Å²) in [5.74, 6) is 0.807. The van der Waals surface area contributed by atoms with Crippen LogP contribution in [0.5, 0.6) is 0 Å². The number of carbonyl (C=O) groups is 1. The minimum absolute atomic E-state index is 0.104. The van der Waals surface area contributed by atoms with E-state index in [2.05, 4.69) is 40.2 Å². The van der Waals surface area contributed by atoms with Crippen molar-refractivity contribution in [3.8, 4) is 0 Å². The average Bonchev–Trinajstić information content (AvgIpc) is 2.92. The number of hydrogen-bond donors (Lipinski definition) is 1. The number of amides is 1. The molecule has 5 heteroatoms. The Bertz CT molecular complexity index is 695. The van der Waals surface area contributed by atoms with Gasteiger partial charge in [-0.25, -0.2) is 0 Å². The van der Waals surface area contributed by atoms with Crippen molar-refractivity contribution >= 4 is 32.8 Å². The molecule has 2 unspecified atom stereocenters. The number of hydrogen-bond acceptors (Lipinski definition) is 3. The molecule has 0 saturated heterocycles. The summed E-state index contributed by atoms with van der Waals surface area (Å²) >= 11 is 3.44. The van der Waals surface area contributed by atoms with Crippen LogP contribution in [0.1, 0.15) is 36.2 Å². The van der Waals surface area contributed by atoms with Crippen LogP contribution < -0.4 is 5.32 Å². The molecular formula is C18H23BrN2O2. The van der Waals surface area contributed by atoms with Crippen molar-refractivity contribution in [2.24, 2.45) is 5.92 Å². The normalized spacial score (nSPS) is 21.7. The lowest BCUT2D eigenvalue weighted by atomic mass is 9.84. The second-order valence-electron chi connectivity index (χ2n) is 6.68. The van der Waals surface area contributed by atoms with Crippen LogP contribution in [0, 0.1) is 5.92 Å². The van der Waals surface area contributed by atoms with Gasteiger partial charge in [0.1, 0.15) is 5.58 Å². The van der Waals surface area contributed by atoms with Crippen molar-refractivity contribution in [3.05, 3.63) is 34.5 Å². The first-order valence-corrected chi connectivity index (χ1v) is 8.97. The molecule has 2 atom stereocenters. The molecule has 0 bridgehead atoms. The van der Waals surface area contributed by atoms with E-state index < -0.39 is 0 Å². The predicted molar refractivity (Wildman–Crippen MR) is 95.7 cm³/mol. The summed E-state index contributed by atoms with van der Waals surface area (Å²) < 4.78 is 6.68. The molecule has 0 spiro atoms. The molecule has 2 aromatic rings. The summed E-state index contributed by atoms with van der Waals surface area (Å²) in [6, 6.07) is 7.82. The molecular weight excluding hydrogens is 356 g/mol. The van der Waals surface area contributed by atoms with Gasteiger partial charge in [0.25, 0.3) is 5.91 Å². The molecule has 1 N–H and O–H groups in total. The van der Waals surface area contributed by atoms with Gasteiger partial charge in [-0.1, -0.05) is 28.8 Å². The van der Waals surface area contributed by atoms with Crippen LogP contribution in [0.25, 0.3) is 11.0 Å². The van der Waals surface area contributed by atoms with E-state index in [1.54, 1.807) is 0 Å². The smallest absolute Gasteiger partial charge is 0.287 e. The maximum Gasteiger partial charge on any atom is 0.287 e. The monoisotopic (exact) mass is 378 g/mol. The summed E-state index contributed by atoms with van der Waals surface area (Å²) in [5, 5.41) is 4.14. The molecule has 1 aliphatic carbocycles. The molecule has 1 amide bonds. The van der Waals surface area contributed by atoms with E-state index in [1.165, 1.54) is 19.3 Å². The largest absolute Gasteiger partial charge is 0.451 e. The highest BCUT2D eigenvalue weighted by atomic mass is 79.9. The molecule has 1 aromatic heterocycles. The Morgan fingerprint density at radius 2 is 2.09 bits per heavy atom. The Labute approximate surface area is 145 Å². The van der Waals surface area contributed by atoms with Crippen molar-refractivity contribution < 1.29 is 9.21 Å². The van der Waals surface area contributed by atoms with Crippen LogP contribution in [0.3, 0.4) is 0 Å². The minimum Gasteiger partial charge on any atom is -0.451 e. The van der Waals surface area contributed by atoms with E-state index >= 15 is 0 Å². The average molecular weight is 379 g/mol. The van der Waals surface area contributed by atoms with Gasteiger partial charge < -0.3 is 14.6 Å². The molecule has 1 aliphatic rings. The highest BCUT2D eigenvalue weighted by Gasteiger charge is 2.28. The lowest BCUT2D eigenvalue weighted by molar-refractivity contribution is 0.0869.